The van der Waals surface area contributed by atoms with Crippen molar-refractivity contribution in [1.29, 1.82) is 0 Å². The molecule has 3 aliphatic rings. The van der Waals surface area contributed by atoms with Crippen LogP contribution in [0.3, 0.4) is 0 Å². The highest BCUT2D eigenvalue weighted by Crippen LogP contribution is 2.66. The lowest BCUT2D eigenvalue weighted by Crippen LogP contribution is -2.54. The minimum Gasteiger partial charge on any atom is -0.373 e. The average molecular weight is 182 g/mol. The number of nitrogens with one attached hydrogen (secondary N) is 1. The van der Waals surface area contributed by atoms with Gasteiger partial charge in [-0.15, -0.1) is 0 Å². The van der Waals surface area contributed by atoms with Crippen molar-refractivity contribution in [3.63, 3.8) is 0 Å². The van der Waals surface area contributed by atoms with Crippen LogP contribution < -0.4 is 11.1 Å². The molecular weight excluding hydrogens is 164 g/mol. The average Bonchev–Trinajstić information content (AvgIpc) is 2.86. The van der Waals surface area contributed by atoms with E-state index in [1.807, 2.05) is 0 Å². The van der Waals surface area contributed by atoms with E-state index >= 15 is 0 Å². The third-order valence-corrected chi connectivity index (χ3v) is 4.41. The number of ether oxygens (including phenoxy) is 1. The molecule has 0 radical (unpaired) electrons. The van der Waals surface area contributed by atoms with Gasteiger partial charge in [-0.25, -0.2) is 0 Å². The second-order valence-electron chi connectivity index (χ2n) is 4.85. The lowest BCUT2D eigenvalue weighted by molar-refractivity contribution is -0.0671. The number of rotatable bonds is 1. The Bertz CT molecular complexity index is 221. The van der Waals surface area contributed by atoms with Crippen LogP contribution in [0.15, 0.2) is 0 Å². The molecule has 0 aromatic rings. The highest BCUT2D eigenvalue weighted by atomic mass is 16.5. The van der Waals surface area contributed by atoms with Crippen molar-refractivity contribution in [2.24, 2.45) is 17.1 Å². The van der Waals surface area contributed by atoms with E-state index in [0.29, 0.717) is 5.41 Å². The number of piperidine rings is 1. The van der Waals surface area contributed by atoms with Crippen molar-refractivity contribution in [3.8, 4) is 0 Å². The molecule has 1 aliphatic carbocycles. The third-order valence-electron chi connectivity index (χ3n) is 4.41. The van der Waals surface area contributed by atoms with Crippen molar-refractivity contribution in [1.82, 2.24) is 5.32 Å². The molecule has 74 valence electrons. The van der Waals surface area contributed by atoms with Crippen molar-refractivity contribution in [2.75, 3.05) is 26.2 Å². The second-order valence-corrected chi connectivity index (χ2v) is 4.85. The lowest BCUT2D eigenvalue weighted by atomic mass is 9.78. The molecule has 3 heteroatoms. The summed E-state index contributed by atoms with van der Waals surface area (Å²) in [7, 11) is 0. The molecule has 3 nitrogen and oxygen atoms in total. The second kappa shape index (κ2) is 2.47. The summed E-state index contributed by atoms with van der Waals surface area (Å²) in [5.74, 6) is 0.775. The van der Waals surface area contributed by atoms with Crippen LogP contribution in [0.2, 0.25) is 0 Å². The Morgan fingerprint density at radius 3 is 3.08 bits per heavy atom. The summed E-state index contributed by atoms with van der Waals surface area (Å²) >= 11 is 0. The van der Waals surface area contributed by atoms with Gasteiger partial charge in [0.2, 0.25) is 0 Å². The van der Waals surface area contributed by atoms with Crippen molar-refractivity contribution in [2.45, 2.75) is 24.9 Å². The molecule has 0 aromatic carbocycles. The summed E-state index contributed by atoms with van der Waals surface area (Å²) in [5.41, 5.74) is 6.38. The number of hydrogen-bond acceptors (Lipinski definition) is 3. The molecule has 0 aromatic heterocycles. The Kier molecular flexibility index (Phi) is 1.56. The zero-order valence-electron chi connectivity index (χ0n) is 8.01. The zero-order chi connectivity index (χ0) is 8.94. The Balaban J connectivity index is 1.88. The van der Waals surface area contributed by atoms with Crippen molar-refractivity contribution >= 4 is 0 Å². The van der Waals surface area contributed by atoms with E-state index < -0.39 is 0 Å². The molecule has 3 atom stereocenters. The Labute approximate surface area is 79.0 Å². The van der Waals surface area contributed by atoms with Crippen LogP contribution >= 0.6 is 0 Å². The summed E-state index contributed by atoms with van der Waals surface area (Å²) in [4.78, 5) is 0. The van der Waals surface area contributed by atoms with Gasteiger partial charge in [0.1, 0.15) is 0 Å². The maximum atomic E-state index is 6.00. The summed E-state index contributed by atoms with van der Waals surface area (Å²) in [5, 5.41) is 3.45. The highest BCUT2D eigenvalue weighted by molar-refractivity contribution is 5.20. The summed E-state index contributed by atoms with van der Waals surface area (Å²) < 4.78 is 6.00. The molecule has 0 bridgehead atoms. The molecule has 2 heterocycles. The van der Waals surface area contributed by atoms with Gasteiger partial charge in [-0.2, -0.15) is 0 Å². The number of hydrogen-bond donors (Lipinski definition) is 2. The number of nitrogens with two attached hydrogens (primary N) is 1. The van der Waals surface area contributed by atoms with Crippen molar-refractivity contribution in [3.05, 3.63) is 0 Å². The van der Waals surface area contributed by atoms with Gasteiger partial charge in [-0.3, -0.25) is 0 Å². The summed E-state index contributed by atoms with van der Waals surface area (Å²) in [6.45, 7) is 3.95. The van der Waals surface area contributed by atoms with Crippen LogP contribution in [0.25, 0.3) is 0 Å². The first kappa shape index (κ1) is 8.21. The van der Waals surface area contributed by atoms with Gasteiger partial charge in [-0.1, -0.05) is 0 Å². The Hall–Kier alpha value is -0.120. The fourth-order valence-electron chi connectivity index (χ4n) is 3.42. The van der Waals surface area contributed by atoms with Gasteiger partial charge in [0.25, 0.3) is 0 Å². The van der Waals surface area contributed by atoms with Crippen LogP contribution in [0, 0.1) is 11.3 Å². The molecular formula is C10H18N2O. The van der Waals surface area contributed by atoms with Gasteiger partial charge >= 0.3 is 0 Å². The van der Waals surface area contributed by atoms with E-state index in [1.165, 1.54) is 19.3 Å². The Morgan fingerprint density at radius 1 is 1.54 bits per heavy atom. The van der Waals surface area contributed by atoms with Crippen LogP contribution in [-0.2, 0) is 4.74 Å². The van der Waals surface area contributed by atoms with Crippen LogP contribution in [-0.4, -0.2) is 31.8 Å². The molecule has 1 unspecified atom stereocenters. The zero-order valence-corrected chi connectivity index (χ0v) is 8.01. The molecule has 13 heavy (non-hydrogen) atoms. The van der Waals surface area contributed by atoms with Gasteiger partial charge in [-0.05, 0) is 31.7 Å². The van der Waals surface area contributed by atoms with Crippen LogP contribution in [0.1, 0.15) is 19.3 Å². The largest absolute Gasteiger partial charge is 0.373 e. The fraction of sp³-hybridized carbons (Fsp3) is 1.00. The standard InChI is InChI=1S/C10H18N2O/c11-6-9-4-8(9)5-13-10(9)2-1-3-12-7-10/h8,12H,1-7,11H2/t8-,9+,10?/m0/s1. The molecule has 0 amide bonds. The summed E-state index contributed by atoms with van der Waals surface area (Å²) in [6.07, 6.45) is 3.77. The maximum absolute atomic E-state index is 6.00. The molecule has 1 spiro atoms. The lowest BCUT2D eigenvalue weighted by Gasteiger charge is -2.40. The molecule has 3 rings (SSSR count). The van der Waals surface area contributed by atoms with Gasteiger partial charge in [0.05, 0.1) is 12.2 Å². The van der Waals surface area contributed by atoms with E-state index in [2.05, 4.69) is 5.32 Å². The predicted octanol–water partition coefficient (Wildman–Crippen LogP) is 0.104. The van der Waals surface area contributed by atoms with E-state index in [1.54, 1.807) is 0 Å². The van der Waals surface area contributed by atoms with E-state index in [0.717, 1.165) is 32.2 Å². The molecule has 2 saturated heterocycles. The predicted molar refractivity (Wildman–Crippen MR) is 50.4 cm³/mol. The SMILES string of the molecule is NC[C@]12C[C@H]1COC21CCCNC1. The minimum atomic E-state index is 0.116. The van der Waals surface area contributed by atoms with Gasteiger partial charge in [0, 0.05) is 18.5 Å². The number of fused-ring (bicyclic) bond motifs is 2. The van der Waals surface area contributed by atoms with Crippen LogP contribution in [0.4, 0.5) is 0 Å². The fourth-order valence-corrected chi connectivity index (χ4v) is 3.42. The topological polar surface area (TPSA) is 47.3 Å². The van der Waals surface area contributed by atoms with Crippen LogP contribution in [0.5, 0.6) is 0 Å². The first-order valence-electron chi connectivity index (χ1n) is 5.38. The molecule has 3 N–H and O–H groups in total. The highest BCUT2D eigenvalue weighted by Gasteiger charge is 2.70. The maximum Gasteiger partial charge on any atom is 0.0878 e. The monoisotopic (exact) mass is 182 g/mol. The quantitative estimate of drug-likeness (QED) is 0.605. The first-order valence-corrected chi connectivity index (χ1v) is 5.38. The van der Waals surface area contributed by atoms with Crippen molar-refractivity contribution < 1.29 is 4.74 Å². The van der Waals surface area contributed by atoms with Gasteiger partial charge in [0.15, 0.2) is 0 Å². The van der Waals surface area contributed by atoms with E-state index in [4.69, 9.17) is 10.5 Å². The molecule has 3 fully saturated rings. The normalized spacial score (nSPS) is 53.8. The van der Waals surface area contributed by atoms with E-state index in [9.17, 15) is 0 Å². The first-order chi connectivity index (χ1) is 6.33. The minimum absolute atomic E-state index is 0.116. The molecule has 1 saturated carbocycles. The smallest absolute Gasteiger partial charge is 0.0878 e. The third kappa shape index (κ3) is 0.853. The van der Waals surface area contributed by atoms with Gasteiger partial charge < -0.3 is 15.8 Å². The molecule has 2 aliphatic heterocycles. The summed E-state index contributed by atoms with van der Waals surface area (Å²) in [6, 6.07) is 0. The van der Waals surface area contributed by atoms with E-state index in [-0.39, 0.29) is 5.60 Å². The Morgan fingerprint density at radius 2 is 2.46 bits per heavy atom.